The van der Waals surface area contributed by atoms with Crippen LogP contribution in [-0.4, -0.2) is 0 Å². The molecule has 0 fully saturated rings. The molecule has 0 radical (unpaired) electrons. The third kappa shape index (κ3) is 3.91. The van der Waals surface area contributed by atoms with Crippen molar-refractivity contribution >= 4 is 11.4 Å². The molecule has 3 aromatic rings. The Kier molecular flexibility index (Phi) is 5.01. The number of hydrogen-bond donors (Lipinski definition) is 2. The number of rotatable bonds is 2. The van der Waals surface area contributed by atoms with Crippen molar-refractivity contribution in [3.05, 3.63) is 71.8 Å². The fourth-order valence-electron chi connectivity index (χ4n) is 3.79. The normalized spacial score (nSPS) is 12.2. The van der Waals surface area contributed by atoms with Crippen molar-refractivity contribution in [2.75, 3.05) is 11.5 Å². The monoisotopic (exact) mass is 372 g/mol. The van der Waals surface area contributed by atoms with Crippen molar-refractivity contribution in [3.63, 3.8) is 0 Å². The van der Waals surface area contributed by atoms with Crippen LogP contribution in [0.3, 0.4) is 0 Å². The lowest BCUT2D eigenvalue weighted by molar-refractivity contribution is 0.591. The Balaban J connectivity index is 2.33. The molecule has 4 N–H and O–H groups in total. The highest BCUT2D eigenvalue weighted by Gasteiger charge is 2.24. The molecule has 28 heavy (non-hydrogen) atoms. The van der Waals surface area contributed by atoms with Crippen LogP contribution in [0.1, 0.15) is 52.7 Å². The zero-order valence-corrected chi connectivity index (χ0v) is 17.9. The molecule has 0 heterocycles. The van der Waals surface area contributed by atoms with Gasteiger partial charge in [0.05, 0.1) is 0 Å². The molecular weight excluding hydrogens is 340 g/mol. The molecule has 3 aromatic carbocycles. The molecule has 0 saturated heterocycles. The summed E-state index contributed by atoms with van der Waals surface area (Å²) in [6, 6.07) is 21.2. The Morgan fingerprint density at radius 3 is 1.18 bits per heavy atom. The van der Waals surface area contributed by atoms with Crippen molar-refractivity contribution in [1.29, 1.82) is 0 Å². The second-order valence-corrected chi connectivity index (χ2v) is 9.66. The largest absolute Gasteiger partial charge is 0.399 e. The standard InChI is InChI=1S/C26H32N2/c1-25(2,3)23-15-17(27)11-13-21(23)19-9-7-8-10-20(19)22-14-12-18(28)16-24(22)26(4,5)6/h7-16H,27-28H2,1-6H3. The summed E-state index contributed by atoms with van der Waals surface area (Å²) in [6.07, 6.45) is 0. The van der Waals surface area contributed by atoms with Crippen LogP contribution in [0.15, 0.2) is 60.7 Å². The van der Waals surface area contributed by atoms with E-state index in [1.807, 2.05) is 12.1 Å². The Hall–Kier alpha value is -2.74. The molecule has 2 nitrogen and oxygen atoms in total. The second-order valence-electron chi connectivity index (χ2n) is 9.66. The highest BCUT2D eigenvalue weighted by atomic mass is 14.5. The lowest BCUT2D eigenvalue weighted by Crippen LogP contribution is -2.15. The minimum absolute atomic E-state index is 0.00814. The first-order valence-corrected chi connectivity index (χ1v) is 9.88. The van der Waals surface area contributed by atoms with E-state index < -0.39 is 0 Å². The van der Waals surface area contributed by atoms with Gasteiger partial charge in [0.2, 0.25) is 0 Å². The van der Waals surface area contributed by atoms with E-state index in [9.17, 15) is 0 Å². The quantitative estimate of drug-likeness (QED) is 0.487. The molecule has 3 rings (SSSR count). The van der Waals surface area contributed by atoms with Gasteiger partial charge in [0, 0.05) is 11.4 Å². The highest BCUT2D eigenvalue weighted by Crippen LogP contribution is 2.42. The molecule has 0 atom stereocenters. The van der Waals surface area contributed by atoms with Crippen molar-refractivity contribution in [1.82, 2.24) is 0 Å². The summed E-state index contributed by atoms with van der Waals surface area (Å²) < 4.78 is 0. The van der Waals surface area contributed by atoms with Crippen molar-refractivity contribution in [3.8, 4) is 22.3 Å². The summed E-state index contributed by atoms with van der Waals surface area (Å²) in [5.74, 6) is 0. The van der Waals surface area contributed by atoms with E-state index in [0.29, 0.717) is 0 Å². The van der Waals surface area contributed by atoms with E-state index in [1.54, 1.807) is 0 Å². The molecule has 0 aliphatic carbocycles. The van der Waals surface area contributed by atoms with Gasteiger partial charge in [-0.25, -0.2) is 0 Å². The first-order chi connectivity index (χ1) is 13.0. The van der Waals surface area contributed by atoms with Gasteiger partial charge in [0.15, 0.2) is 0 Å². The molecule has 146 valence electrons. The van der Waals surface area contributed by atoms with Crippen LogP contribution in [-0.2, 0) is 10.8 Å². The molecular formula is C26H32N2. The minimum atomic E-state index is -0.00814. The van der Waals surface area contributed by atoms with Crippen molar-refractivity contribution < 1.29 is 0 Å². The molecule has 0 spiro atoms. The third-order valence-electron chi connectivity index (χ3n) is 5.21. The SMILES string of the molecule is CC(C)(C)c1cc(N)ccc1-c1ccccc1-c1ccc(N)cc1C(C)(C)C. The summed E-state index contributed by atoms with van der Waals surface area (Å²) in [6.45, 7) is 13.4. The van der Waals surface area contributed by atoms with Crippen LogP contribution in [0.5, 0.6) is 0 Å². The van der Waals surface area contributed by atoms with Gasteiger partial charge in [-0.3, -0.25) is 0 Å². The number of benzene rings is 3. The molecule has 2 heteroatoms. The number of nitrogen functional groups attached to an aromatic ring is 2. The maximum Gasteiger partial charge on any atom is 0.0317 e. The van der Waals surface area contributed by atoms with Gasteiger partial charge < -0.3 is 11.5 Å². The lowest BCUT2D eigenvalue weighted by atomic mass is 9.77. The minimum Gasteiger partial charge on any atom is -0.399 e. The molecule has 0 amide bonds. The number of nitrogens with two attached hydrogens (primary N) is 2. The Morgan fingerprint density at radius 2 is 0.857 bits per heavy atom. The van der Waals surface area contributed by atoms with Gasteiger partial charge in [0.1, 0.15) is 0 Å². The summed E-state index contributed by atoms with van der Waals surface area (Å²) in [5.41, 5.74) is 21.3. The predicted octanol–water partition coefficient (Wildman–Crippen LogP) is 6.78. The van der Waals surface area contributed by atoms with Crippen LogP contribution in [0.25, 0.3) is 22.3 Å². The van der Waals surface area contributed by atoms with Crippen LogP contribution in [0, 0.1) is 0 Å². The molecule has 0 aromatic heterocycles. The zero-order chi connectivity index (χ0) is 20.7. The third-order valence-corrected chi connectivity index (χ3v) is 5.21. The first-order valence-electron chi connectivity index (χ1n) is 9.88. The zero-order valence-electron chi connectivity index (χ0n) is 17.9. The second kappa shape index (κ2) is 7.01. The number of hydrogen-bond acceptors (Lipinski definition) is 2. The average molecular weight is 373 g/mol. The van der Waals surface area contributed by atoms with E-state index in [1.165, 1.54) is 33.4 Å². The van der Waals surface area contributed by atoms with E-state index in [0.717, 1.165) is 11.4 Å². The van der Waals surface area contributed by atoms with E-state index in [-0.39, 0.29) is 10.8 Å². The van der Waals surface area contributed by atoms with Crippen LogP contribution in [0.4, 0.5) is 11.4 Å². The summed E-state index contributed by atoms with van der Waals surface area (Å²) in [4.78, 5) is 0. The van der Waals surface area contributed by atoms with Gasteiger partial charge in [-0.05, 0) is 68.5 Å². The van der Waals surface area contributed by atoms with Crippen molar-refractivity contribution in [2.45, 2.75) is 52.4 Å². The maximum absolute atomic E-state index is 6.14. The topological polar surface area (TPSA) is 52.0 Å². The fourth-order valence-corrected chi connectivity index (χ4v) is 3.79. The van der Waals surface area contributed by atoms with Crippen LogP contribution < -0.4 is 11.5 Å². The van der Waals surface area contributed by atoms with Gasteiger partial charge in [0.25, 0.3) is 0 Å². The fraction of sp³-hybridized carbons (Fsp3) is 0.308. The maximum atomic E-state index is 6.14. The summed E-state index contributed by atoms with van der Waals surface area (Å²) in [5, 5.41) is 0. The van der Waals surface area contributed by atoms with E-state index >= 15 is 0 Å². The highest BCUT2D eigenvalue weighted by molar-refractivity contribution is 5.88. The van der Waals surface area contributed by atoms with Gasteiger partial charge in [-0.1, -0.05) is 77.9 Å². The predicted molar refractivity (Wildman–Crippen MR) is 124 cm³/mol. The van der Waals surface area contributed by atoms with E-state index in [2.05, 4.69) is 90.1 Å². The van der Waals surface area contributed by atoms with Gasteiger partial charge in [-0.2, -0.15) is 0 Å². The van der Waals surface area contributed by atoms with Gasteiger partial charge >= 0.3 is 0 Å². The summed E-state index contributed by atoms with van der Waals surface area (Å²) >= 11 is 0. The molecule has 0 unspecified atom stereocenters. The smallest absolute Gasteiger partial charge is 0.0317 e. The first kappa shape index (κ1) is 20.0. The molecule has 0 aliphatic heterocycles. The van der Waals surface area contributed by atoms with Crippen molar-refractivity contribution in [2.24, 2.45) is 0 Å². The molecule has 0 aliphatic rings. The number of anilines is 2. The van der Waals surface area contributed by atoms with Gasteiger partial charge in [-0.15, -0.1) is 0 Å². The lowest BCUT2D eigenvalue weighted by Gasteiger charge is -2.27. The van der Waals surface area contributed by atoms with Crippen LogP contribution >= 0.6 is 0 Å². The Labute approximate surface area is 169 Å². The Bertz CT molecular complexity index is 919. The van der Waals surface area contributed by atoms with E-state index in [4.69, 9.17) is 11.5 Å². The Morgan fingerprint density at radius 1 is 0.500 bits per heavy atom. The molecule has 0 saturated carbocycles. The molecule has 0 bridgehead atoms. The van der Waals surface area contributed by atoms with Crippen LogP contribution in [0.2, 0.25) is 0 Å². The average Bonchev–Trinajstić information content (AvgIpc) is 2.60. The summed E-state index contributed by atoms with van der Waals surface area (Å²) in [7, 11) is 0.